The fourth-order valence-electron chi connectivity index (χ4n) is 2.53. The van der Waals surface area contributed by atoms with Crippen LogP contribution < -0.4 is 10.0 Å². The number of sulfonamides is 1. The van der Waals surface area contributed by atoms with Crippen LogP contribution in [-0.4, -0.2) is 56.4 Å². The van der Waals surface area contributed by atoms with E-state index in [0.717, 1.165) is 13.0 Å². The smallest absolute Gasteiger partial charge is 0.267 e. The van der Waals surface area contributed by atoms with Crippen LogP contribution in [0.3, 0.4) is 0 Å². The molecule has 23 heavy (non-hydrogen) atoms. The van der Waals surface area contributed by atoms with Crippen LogP contribution in [0.1, 0.15) is 29.8 Å². The van der Waals surface area contributed by atoms with Crippen LogP contribution in [0.15, 0.2) is 17.2 Å². The van der Waals surface area contributed by atoms with Gasteiger partial charge >= 0.3 is 0 Å². The number of rotatable bonds is 7. The van der Waals surface area contributed by atoms with Crippen molar-refractivity contribution < 1.29 is 18.0 Å². The highest BCUT2D eigenvalue weighted by atomic mass is 32.2. The summed E-state index contributed by atoms with van der Waals surface area (Å²) in [7, 11) is -0.632. The molecule has 0 spiro atoms. The Hall–Kier alpha value is -1.87. The molecule has 0 saturated carbocycles. The number of aromatic nitrogens is 1. The van der Waals surface area contributed by atoms with Crippen LogP contribution in [0.5, 0.6) is 0 Å². The molecule has 128 valence electrons. The van der Waals surface area contributed by atoms with Crippen molar-refractivity contribution in [2.75, 3.05) is 26.7 Å². The van der Waals surface area contributed by atoms with E-state index in [1.54, 1.807) is 11.9 Å². The van der Waals surface area contributed by atoms with E-state index < -0.39 is 10.0 Å². The summed E-state index contributed by atoms with van der Waals surface area (Å²) in [5, 5.41) is 2.75. The molecule has 1 aliphatic heterocycles. The maximum atomic E-state index is 12.1. The number of hydrogen-bond donors (Lipinski definition) is 2. The van der Waals surface area contributed by atoms with E-state index >= 15 is 0 Å². The average Bonchev–Trinajstić information content (AvgIpc) is 3.10. The van der Waals surface area contributed by atoms with Crippen molar-refractivity contribution in [2.24, 2.45) is 7.05 Å². The largest absolute Gasteiger partial charge is 0.351 e. The van der Waals surface area contributed by atoms with Crippen molar-refractivity contribution in [3.8, 4) is 0 Å². The van der Waals surface area contributed by atoms with Crippen LogP contribution in [0.25, 0.3) is 0 Å². The lowest BCUT2D eigenvalue weighted by Crippen LogP contribution is -2.31. The van der Waals surface area contributed by atoms with Crippen LogP contribution in [-0.2, 0) is 21.9 Å². The molecule has 0 atom stereocenters. The second kappa shape index (κ2) is 7.14. The summed E-state index contributed by atoms with van der Waals surface area (Å²) in [6, 6.07) is 1.34. The molecule has 1 fully saturated rings. The minimum Gasteiger partial charge on any atom is -0.351 e. The first-order valence-electron chi connectivity index (χ1n) is 7.51. The zero-order valence-electron chi connectivity index (χ0n) is 13.3. The van der Waals surface area contributed by atoms with Crippen molar-refractivity contribution in [2.45, 2.75) is 24.2 Å². The molecule has 2 amide bonds. The first-order chi connectivity index (χ1) is 10.8. The first-order valence-corrected chi connectivity index (χ1v) is 8.99. The second-order valence-electron chi connectivity index (χ2n) is 5.47. The van der Waals surface area contributed by atoms with Gasteiger partial charge in [0.25, 0.3) is 5.91 Å². The summed E-state index contributed by atoms with van der Waals surface area (Å²) in [6.07, 6.45) is 3.57. The average molecular weight is 342 g/mol. The molecule has 0 unspecified atom stereocenters. The standard InChI is InChI=1S/C14H22N4O4S/c1-15-23(21,22)11-9-12(17(2)10-11)14(20)16-6-4-8-18-7-3-5-13(18)19/h9-10,15H,3-8H2,1-2H3,(H,16,20). The Morgan fingerprint density at radius 1 is 1.39 bits per heavy atom. The summed E-state index contributed by atoms with van der Waals surface area (Å²) in [6.45, 7) is 1.85. The summed E-state index contributed by atoms with van der Waals surface area (Å²) < 4.78 is 27.2. The number of amides is 2. The van der Waals surface area contributed by atoms with E-state index in [4.69, 9.17) is 0 Å². The molecular formula is C14H22N4O4S. The highest BCUT2D eigenvalue weighted by Gasteiger charge is 2.20. The highest BCUT2D eigenvalue weighted by Crippen LogP contribution is 2.13. The van der Waals surface area contributed by atoms with Crippen molar-refractivity contribution in [1.29, 1.82) is 0 Å². The van der Waals surface area contributed by atoms with E-state index in [2.05, 4.69) is 10.0 Å². The Morgan fingerprint density at radius 3 is 2.74 bits per heavy atom. The summed E-state index contributed by atoms with van der Waals surface area (Å²) >= 11 is 0. The molecule has 0 aromatic carbocycles. The molecule has 1 aliphatic rings. The van der Waals surface area contributed by atoms with Gasteiger partial charge in [0.2, 0.25) is 15.9 Å². The van der Waals surface area contributed by atoms with E-state index in [0.29, 0.717) is 25.9 Å². The van der Waals surface area contributed by atoms with E-state index in [1.165, 1.54) is 23.9 Å². The minimum atomic E-state index is -3.57. The topological polar surface area (TPSA) is 101 Å². The van der Waals surface area contributed by atoms with Gasteiger partial charge in [-0.15, -0.1) is 0 Å². The molecule has 1 aromatic heterocycles. The Kier molecular flexibility index (Phi) is 5.42. The second-order valence-corrected chi connectivity index (χ2v) is 7.36. The van der Waals surface area contributed by atoms with Crippen LogP contribution >= 0.6 is 0 Å². The summed E-state index contributed by atoms with van der Waals surface area (Å²) in [4.78, 5) is 25.4. The summed E-state index contributed by atoms with van der Waals surface area (Å²) in [5.74, 6) is -0.168. The fourth-order valence-corrected chi connectivity index (χ4v) is 3.33. The van der Waals surface area contributed by atoms with Gasteiger partial charge in [-0.1, -0.05) is 0 Å². The lowest BCUT2D eigenvalue weighted by atomic mass is 10.3. The SMILES string of the molecule is CNS(=O)(=O)c1cc(C(=O)NCCCN2CCCC2=O)n(C)c1. The molecule has 8 nitrogen and oxygen atoms in total. The van der Waals surface area contributed by atoms with Gasteiger partial charge in [0, 0.05) is 39.3 Å². The number of carbonyl (C=O) groups excluding carboxylic acids is 2. The number of carbonyl (C=O) groups is 2. The Balaban J connectivity index is 1.87. The number of likely N-dealkylation sites (tertiary alicyclic amines) is 1. The monoisotopic (exact) mass is 342 g/mol. The first kappa shape index (κ1) is 17.5. The molecule has 1 aromatic rings. The zero-order valence-corrected chi connectivity index (χ0v) is 14.1. The lowest BCUT2D eigenvalue weighted by molar-refractivity contribution is -0.127. The zero-order chi connectivity index (χ0) is 17.0. The quantitative estimate of drug-likeness (QED) is 0.663. The maximum Gasteiger partial charge on any atom is 0.267 e. The van der Waals surface area contributed by atoms with Crippen molar-refractivity contribution in [3.05, 3.63) is 18.0 Å². The summed E-state index contributed by atoms with van der Waals surface area (Å²) in [5.41, 5.74) is 0.274. The Morgan fingerprint density at radius 2 is 2.13 bits per heavy atom. The van der Waals surface area contributed by atoms with Gasteiger partial charge in [-0.05, 0) is 26.0 Å². The normalized spacial score (nSPS) is 15.2. The maximum absolute atomic E-state index is 12.1. The van der Waals surface area contributed by atoms with Crippen LogP contribution in [0.4, 0.5) is 0 Å². The van der Waals surface area contributed by atoms with Gasteiger partial charge in [-0.25, -0.2) is 13.1 Å². The predicted octanol–water partition coefficient (Wildman–Crippen LogP) is -0.324. The highest BCUT2D eigenvalue weighted by molar-refractivity contribution is 7.89. The van der Waals surface area contributed by atoms with Crippen LogP contribution in [0.2, 0.25) is 0 Å². The van der Waals surface area contributed by atoms with Crippen molar-refractivity contribution >= 4 is 21.8 Å². The number of nitrogens with zero attached hydrogens (tertiary/aromatic N) is 2. The van der Waals surface area contributed by atoms with Gasteiger partial charge in [-0.2, -0.15) is 0 Å². The fraction of sp³-hybridized carbons (Fsp3) is 0.571. The van der Waals surface area contributed by atoms with E-state index in [9.17, 15) is 18.0 Å². The van der Waals surface area contributed by atoms with Gasteiger partial charge in [0.1, 0.15) is 10.6 Å². The molecule has 0 bridgehead atoms. The third kappa shape index (κ3) is 4.11. The van der Waals surface area contributed by atoms with Gasteiger partial charge in [-0.3, -0.25) is 9.59 Å². The van der Waals surface area contributed by atoms with Gasteiger partial charge in [0.15, 0.2) is 0 Å². The molecule has 2 rings (SSSR count). The molecule has 1 saturated heterocycles. The lowest BCUT2D eigenvalue weighted by Gasteiger charge is -2.15. The van der Waals surface area contributed by atoms with E-state index in [-0.39, 0.29) is 22.4 Å². The Bertz CT molecular complexity index is 696. The third-order valence-corrected chi connectivity index (χ3v) is 5.23. The van der Waals surface area contributed by atoms with Crippen molar-refractivity contribution in [1.82, 2.24) is 19.5 Å². The molecule has 2 N–H and O–H groups in total. The van der Waals surface area contributed by atoms with Crippen molar-refractivity contribution in [3.63, 3.8) is 0 Å². The number of nitrogens with one attached hydrogen (secondary N) is 2. The molecule has 9 heteroatoms. The third-order valence-electron chi connectivity index (χ3n) is 3.85. The molecule has 2 heterocycles. The van der Waals surface area contributed by atoms with Gasteiger partial charge in [0.05, 0.1) is 0 Å². The predicted molar refractivity (Wildman–Crippen MR) is 84.4 cm³/mol. The Labute approximate surface area is 135 Å². The van der Waals surface area contributed by atoms with Crippen LogP contribution in [0, 0.1) is 0 Å². The van der Waals surface area contributed by atoms with E-state index in [1.807, 2.05) is 0 Å². The number of aryl methyl sites for hydroxylation is 1. The molecular weight excluding hydrogens is 320 g/mol. The van der Waals surface area contributed by atoms with Gasteiger partial charge < -0.3 is 14.8 Å². The molecule has 0 aliphatic carbocycles. The molecule has 0 radical (unpaired) electrons. The minimum absolute atomic E-state index is 0.0512. The number of hydrogen-bond acceptors (Lipinski definition) is 4.